The lowest BCUT2D eigenvalue weighted by Gasteiger charge is -2.31. The molecule has 122 valence electrons. The molecular formula is C12H15F5O4. The second-order valence-electron chi connectivity index (χ2n) is 5.34. The van der Waals surface area contributed by atoms with Crippen LogP contribution < -0.4 is 0 Å². The van der Waals surface area contributed by atoms with Crippen molar-refractivity contribution in [1.29, 1.82) is 0 Å². The van der Waals surface area contributed by atoms with E-state index in [1.165, 1.54) is 0 Å². The third-order valence-corrected chi connectivity index (χ3v) is 3.88. The molecule has 4 nitrogen and oxygen atoms in total. The van der Waals surface area contributed by atoms with Crippen molar-refractivity contribution >= 4 is 5.97 Å². The van der Waals surface area contributed by atoms with Crippen LogP contribution in [0, 0.1) is 5.92 Å². The van der Waals surface area contributed by atoms with E-state index >= 15 is 0 Å². The highest BCUT2D eigenvalue weighted by molar-refractivity contribution is 5.72. The average Bonchev–Trinajstić information content (AvgIpc) is 2.64. The Kier molecular flexibility index (Phi) is 4.18. The van der Waals surface area contributed by atoms with E-state index in [1.807, 2.05) is 0 Å². The predicted octanol–water partition coefficient (Wildman–Crippen LogP) is 2.39. The minimum atomic E-state index is -5.69. The maximum Gasteiger partial charge on any atom is 0.449 e. The molecule has 9 heteroatoms. The number of rotatable bonds is 2. The largest absolute Gasteiger partial charge is 0.453 e. The van der Waals surface area contributed by atoms with E-state index in [0.29, 0.717) is 12.8 Å². The van der Waals surface area contributed by atoms with Crippen molar-refractivity contribution in [3.05, 3.63) is 0 Å². The Bertz CT molecular complexity index is 405. The molecule has 1 saturated carbocycles. The van der Waals surface area contributed by atoms with Gasteiger partial charge in [0.1, 0.15) is 0 Å². The maximum absolute atomic E-state index is 13.7. The molecule has 0 amide bonds. The van der Waals surface area contributed by atoms with E-state index in [4.69, 9.17) is 5.11 Å². The quantitative estimate of drug-likeness (QED) is 0.627. The van der Waals surface area contributed by atoms with Gasteiger partial charge in [-0.2, -0.15) is 22.0 Å². The summed E-state index contributed by atoms with van der Waals surface area (Å²) in [6.45, 7) is -1.21. The van der Waals surface area contributed by atoms with Crippen molar-refractivity contribution in [3.8, 4) is 0 Å². The average molecular weight is 318 g/mol. The monoisotopic (exact) mass is 318 g/mol. The van der Waals surface area contributed by atoms with Crippen LogP contribution in [0.15, 0.2) is 0 Å². The Hall–Kier alpha value is -0.960. The molecule has 0 aromatic rings. The minimum absolute atomic E-state index is 0.460. The molecule has 2 atom stereocenters. The number of esters is 1. The zero-order valence-corrected chi connectivity index (χ0v) is 11.0. The van der Waals surface area contributed by atoms with Crippen LogP contribution in [0.5, 0.6) is 0 Å². The van der Waals surface area contributed by atoms with Gasteiger partial charge in [-0.05, 0) is 12.8 Å². The number of carbonyl (C=O) groups is 1. The third kappa shape index (κ3) is 2.73. The highest BCUT2D eigenvalue weighted by Crippen LogP contribution is 2.49. The lowest BCUT2D eigenvalue weighted by atomic mass is 9.89. The van der Waals surface area contributed by atoms with Gasteiger partial charge >= 0.3 is 23.9 Å². The van der Waals surface area contributed by atoms with Crippen molar-refractivity contribution in [2.45, 2.75) is 56.1 Å². The number of halogens is 5. The standard InChI is InChI=1S/C12H15F5O4/c13-10(14)8(6-20-11(10,19)12(15,16)17)21-9(18)7-4-2-1-3-5-7/h7-8,19H,1-6H2. The number of ether oxygens (including phenoxy) is 2. The number of aliphatic hydroxyl groups is 1. The van der Waals surface area contributed by atoms with Crippen molar-refractivity contribution in [3.63, 3.8) is 0 Å². The summed E-state index contributed by atoms with van der Waals surface area (Å²) in [5, 5.41) is 9.06. The summed E-state index contributed by atoms with van der Waals surface area (Å²) in [5.41, 5.74) is 0. The smallest absolute Gasteiger partial charge is 0.449 e. The molecule has 2 fully saturated rings. The highest BCUT2D eigenvalue weighted by Gasteiger charge is 2.78. The van der Waals surface area contributed by atoms with E-state index in [0.717, 1.165) is 19.3 Å². The van der Waals surface area contributed by atoms with Crippen LogP contribution in [-0.2, 0) is 14.3 Å². The van der Waals surface area contributed by atoms with Gasteiger partial charge in [0, 0.05) is 0 Å². The third-order valence-electron chi connectivity index (χ3n) is 3.88. The number of hydrogen-bond acceptors (Lipinski definition) is 4. The summed E-state index contributed by atoms with van der Waals surface area (Å²) >= 11 is 0. The van der Waals surface area contributed by atoms with E-state index in [2.05, 4.69) is 9.47 Å². The first-order valence-electron chi connectivity index (χ1n) is 6.61. The molecule has 2 aliphatic rings. The molecule has 2 rings (SSSR count). The van der Waals surface area contributed by atoms with Crippen LogP contribution in [0.2, 0.25) is 0 Å². The summed E-state index contributed by atoms with van der Waals surface area (Å²) in [5.74, 6) is -10.9. The molecule has 2 unspecified atom stereocenters. The van der Waals surface area contributed by atoms with Crippen LogP contribution in [0.4, 0.5) is 22.0 Å². The fourth-order valence-corrected chi connectivity index (χ4v) is 2.57. The fraction of sp³-hybridized carbons (Fsp3) is 0.917. The predicted molar refractivity (Wildman–Crippen MR) is 58.4 cm³/mol. The second-order valence-corrected chi connectivity index (χ2v) is 5.34. The zero-order chi connectivity index (χ0) is 15.9. The van der Waals surface area contributed by atoms with Crippen LogP contribution in [-0.4, -0.2) is 41.7 Å². The molecular weight excluding hydrogens is 303 g/mol. The molecule has 0 spiro atoms. The Morgan fingerprint density at radius 1 is 1.19 bits per heavy atom. The molecule has 0 aromatic carbocycles. The van der Waals surface area contributed by atoms with Crippen molar-refractivity contribution in [1.82, 2.24) is 0 Å². The summed E-state index contributed by atoms with van der Waals surface area (Å²) in [6, 6.07) is 0. The maximum atomic E-state index is 13.7. The van der Waals surface area contributed by atoms with E-state index < -0.39 is 42.5 Å². The first-order valence-corrected chi connectivity index (χ1v) is 6.61. The van der Waals surface area contributed by atoms with Crippen LogP contribution in [0.25, 0.3) is 0 Å². The van der Waals surface area contributed by atoms with Gasteiger partial charge in [0.2, 0.25) is 0 Å². The molecule has 21 heavy (non-hydrogen) atoms. The Morgan fingerprint density at radius 3 is 2.24 bits per heavy atom. The van der Waals surface area contributed by atoms with Crippen molar-refractivity contribution in [2.75, 3.05) is 6.61 Å². The summed E-state index contributed by atoms with van der Waals surface area (Å²) < 4.78 is 73.3. The zero-order valence-electron chi connectivity index (χ0n) is 11.0. The fourth-order valence-electron chi connectivity index (χ4n) is 2.57. The summed E-state index contributed by atoms with van der Waals surface area (Å²) in [6.07, 6.45) is -4.82. The molecule has 1 saturated heterocycles. The lowest BCUT2D eigenvalue weighted by Crippen LogP contribution is -2.59. The first-order chi connectivity index (χ1) is 9.59. The molecule has 0 bridgehead atoms. The van der Waals surface area contributed by atoms with Gasteiger partial charge in [0.05, 0.1) is 12.5 Å². The van der Waals surface area contributed by atoms with Gasteiger partial charge in [-0.1, -0.05) is 19.3 Å². The number of carbonyl (C=O) groups excluding carboxylic acids is 1. The Morgan fingerprint density at radius 2 is 1.76 bits per heavy atom. The van der Waals surface area contributed by atoms with Gasteiger partial charge < -0.3 is 14.6 Å². The van der Waals surface area contributed by atoms with E-state index in [9.17, 15) is 26.7 Å². The summed E-state index contributed by atoms with van der Waals surface area (Å²) in [4.78, 5) is 11.7. The molecule has 1 N–H and O–H groups in total. The number of hydrogen-bond donors (Lipinski definition) is 1. The Balaban J connectivity index is 2.06. The van der Waals surface area contributed by atoms with E-state index in [1.54, 1.807) is 0 Å². The van der Waals surface area contributed by atoms with Gasteiger partial charge in [-0.3, -0.25) is 4.79 Å². The minimum Gasteiger partial charge on any atom is -0.453 e. The first kappa shape index (κ1) is 16.4. The summed E-state index contributed by atoms with van der Waals surface area (Å²) in [7, 11) is 0. The molecule has 0 aromatic heterocycles. The van der Waals surface area contributed by atoms with E-state index in [-0.39, 0.29) is 0 Å². The van der Waals surface area contributed by atoms with Gasteiger partial charge in [-0.25, -0.2) is 0 Å². The molecule has 1 aliphatic carbocycles. The van der Waals surface area contributed by atoms with Crippen LogP contribution >= 0.6 is 0 Å². The van der Waals surface area contributed by atoms with Crippen molar-refractivity contribution in [2.24, 2.45) is 5.92 Å². The van der Waals surface area contributed by atoms with Gasteiger partial charge in [-0.15, -0.1) is 0 Å². The molecule has 0 radical (unpaired) electrons. The van der Waals surface area contributed by atoms with Crippen LogP contribution in [0.1, 0.15) is 32.1 Å². The second kappa shape index (κ2) is 5.35. The highest BCUT2D eigenvalue weighted by atomic mass is 19.4. The lowest BCUT2D eigenvalue weighted by molar-refractivity contribution is -0.405. The van der Waals surface area contributed by atoms with Crippen LogP contribution in [0.3, 0.4) is 0 Å². The SMILES string of the molecule is O=C(OC1COC(O)(C(F)(F)F)C1(F)F)C1CCCCC1. The van der Waals surface area contributed by atoms with Crippen molar-refractivity contribution < 1.29 is 41.3 Å². The Labute approximate surface area is 117 Å². The van der Waals surface area contributed by atoms with Gasteiger partial charge in [0.25, 0.3) is 0 Å². The molecule has 1 heterocycles. The normalized spacial score (nSPS) is 33.9. The number of alkyl halides is 5. The van der Waals surface area contributed by atoms with Gasteiger partial charge in [0.15, 0.2) is 6.10 Å². The topological polar surface area (TPSA) is 55.8 Å². The molecule has 1 aliphatic heterocycles.